The van der Waals surface area contributed by atoms with Gasteiger partial charge in [-0.3, -0.25) is 10.1 Å². The van der Waals surface area contributed by atoms with E-state index in [2.05, 4.69) is 11.2 Å². The van der Waals surface area contributed by atoms with Gasteiger partial charge in [0.25, 0.3) is 0 Å². The Bertz CT molecular complexity index is 381. The fourth-order valence-electron chi connectivity index (χ4n) is 1.21. The molecule has 0 spiro atoms. The Kier molecular flexibility index (Phi) is 4.89. The molecule has 0 aromatic heterocycles. The highest BCUT2D eigenvalue weighted by Gasteiger charge is 2.02. The van der Waals surface area contributed by atoms with Crippen molar-refractivity contribution in [2.45, 2.75) is 6.42 Å². The largest absolute Gasteiger partial charge is 0.299 e. The third-order valence-corrected chi connectivity index (χ3v) is 2.07. The normalized spacial score (nSPS) is 9.60. The second-order valence-electron chi connectivity index (χ2n) is 3.15. The molecular weight excluding hydrogens is 210 g/mol. The Labute approximate surface area is 94.6 Å². The van der Waals surface area contributed by atoms with Crippen molar-refractivity contribution in [1.29, 1.82) is 0 Å². The van der Waals surface area contributed by atoms with E-state index in [1.807, 2.05) is 12.1 Å². The summed E-state index contributed by atoms with van der Waals surface area (Å²) < 4.78 is 0. The van der Waals surface area contributed by atoms with Gasteiger partial charge in [-0.05, 0) is 17.7 Å². The molecule has 1 rings (SSSR count). The minimum atomic E-state index is 0.104. The number of rotatable bonds is 5. The van der Waals surface area contributed by atoms with E-state index in [1.54, 1.807) is 12.1 Å². The van der Waals surface area contributed by atoms with E-state index < -0.39 is 0 Å². The summed E-state index contributed by atoms with van der Waals surface area (Å²) in [5.41, 5.74) is 0.926. The molecule has 0 aliphatic carbocycles. The van der Waals surface area contributed by atoms with Gasteiger partial charge in [-0.15, -0.1) is 6.42 Å². The van der Waals surface area contributed by atoms with E-state index >= 15 is 0 Å². The molecular formula is C12H12ClNO. The number of halogens is 1. The summed E-state index contributed by atoms with van der Waals surface area (Å²) in [5.74, 6) is 2.52. The number of nitrogens with one attached hydrogen (secondary N) is 1. The molecule has 1 aromatic carbocycles. The van der Waals surface area contributed by atoms with Crippen molar-refractivity contribution in [3.8, 4) is 12.3 Å². The van der Waals surface area contributed by atoms with Gasteiger partial charge < -0.3 is 0 Å². The predicted octanol–water partition coefficient (Wildman–Crippen LogP) is 1.67. The first-order valence-corrected chi connectivity index (χ1v) is 5.00. The fraction of sp³-hybridized carbons (Fsp3) is 0.250. The first kappa shape index (κ1) is 11.8. The predicted molar refractivity (Wildman–Crippen MR) is 61.9 cm³/mol. The molecule has 0 saturated heterocycles. The van der Waals surface area contributed by atoms with Crippen LogP contribution < -0.4 is 5.32 Å². The summed E-state index contributed by atoms with van der Waals surface area (Å²) in [7, 11) is 0. The van der Waals surface area contributed by atoms with Gasteiger partial charge in [-0.25, -0.2) is 0 Å². The van der Waals surface area contributed by atoms with Gasteiger partial charge in [0, 0.05) is 11.4 Å². The lowest BCUT2D eigenvalue weighted by Gasteiger charge is -2.01. The number of carbonyl (C=O) groups excluding carboxylic acids is 1. The molecule has 15 heavy (non-hydrogen) atoms. The summed E-state index contributed by atoms with van der Waals surface area (Å²) in [6.07, 6.45) is 5.43. The molecule has 0 atom stereocenters. The summed E-state index contributed by atoms with van der Waals surface area (Å²) in [5, 5.41) is 3.50. The molecule has 0 amide bonds. The van der Waals surface area contributed by atoms with Crippen LogP contribution in [0.2, 0.25) is 5.02 Å². The van der Waals surface area contributed by atoms with E-state index in [9.17, 15) is 4.79 Å². The van der Waals surface area contributed by atoms with Crippen LogP contribution in [0.15, 0.2) is 24.3 Å². The zero-order chi connectivity index (χ0) is 11.1. The zero-order valence-corrected chi connectivity index (χ0v) is 9.05. The lowest BCUT2D eigenvalue weighted by Crippen LogP contribution is -2.24. The fourth-order valence-corrected chi connectivity index (χ4v) is 1.42. The van der Waals surface area contributed by atoms with Crippen LogP contribution in [-0.4, -0.2) is 18.9 Å². The Morgan fingerprint density at radius 3 is 3.00 bits per heavy atom. The van der Waals surface area contributed by atoms with E-state index in [0.29, 0.717) is 24.5 Å². The third-order valence-electron chi connectivity index (χ3n) is 1.84. The van der Waals surface area contributed by atoms with Crippen LogP contribution in [0, 0.1) is 12.3 Å². The van der Waals surface area contributed by atoms with Gasteiger partial charge in [0.15, 0.2) is 5.78 Å². The average molecular weight is 222 g/mol. The Morgan fingerprint density at radius 2 is 2.33 bits per heavy atom. The number of hydrogen-bond donors (Lipinski definition) is 1. The number of terminal acetylenes is 1. The Morgan fingerprint density at radius 1 is 1.53 bits per heavy atom. The SMILES string of the molecule is C#CCNCC(=O)Cc1cccc(Cl)c1. The van der Waals surface area contributed by atoms with E-state index in [1.165, 1.54) is 0 Å². The summed E-state index contributed by atoms with van der Waals surface area (Å²) in [4.78, 5) is 11.4. The number of carbonyl (C=O) groups is 1. The van der Waals surface area contributed by atoms with Crippen LogP contribution in [-0.2, 0) is 11.2 Å². The number of benzene rings is 1. The van der Waals surface area contributed by atoms with Crippen LogP contribution in [0.5, 0.6) is 0 Å². The Balaban J connectivity index is 2.42. The van der Waals surface area contributed by atoms with Gasteiger partial charge in [0.05, 0.1) is 13.1 Å². The maximum absolute atomic E-state index is 11.4. The van der Waals surface area contributed by atoms with Crippen molar-refractivity contribution in [1.82, 2.24) is 5.32 Å². The monoisotopic (exact) mass is 221 g/mol. The van der Waals surface area contributed by atoms with Crippen LogP contribution >= 0.6 is 11.6 Å². The topological polar surface area (TPSA) is 29.1 Å². The van der Waals surface area contributed by atoms with E-state index in [0.717, 1.165) is 5.56 Å². The van der Waals surface area contributed by atoms with Gasteiger partial charge in [-0.1, -0.05) is 29.7 Å². The minimum absolute atomic E-state index is 0.104. The zero-order valence-electron chi connectivity index (χ0n) is 8.29. The highest BCUT2D eigenvalue weighted by molar-refractivity contribution is 6.30. The van der Waals surface area contributed by atoms with Crippen LogP contribution in [0.3, 0.4) is 0 Å². The maximum atomic E-state index is 11.4. The first-order chi connectivity index (χ1) is 7.22. The molecule has 1 N–H and O–H groups in total. The van der Waals surface area contributed by atoms with Crippen molar-refractivity contribution in [3.63, 3.8) is 0 Å². The quantitative estimate of drug-likeness (QED) is 0.606. The molecule has 0 aliphatic rings. The van der Waals surface area contributed by atoms with Gasteiger partial charge in [-0.2, -0.15) is 0 Å². The van der Waals surface area contributed by atoms with Crippen molar-refractivity contribution < 1.29 is 4.79 Å². The highest BCUT2D eigenvalue weighted by atomic mass is 35.5. The van der Waals surface area contributed by atoms with Crippen molar-refractivity contribution >= 4 is 17.4 Å². The Hall–Kier alpha value is -1.30. The summed E-state index contributed by atoms with van der Waals surface area (Å²) in [6.45, 7) is 0.720. The van der Waals surface area contributed by atoms with Gasteiger partial charge >= 0.3 is 0 Å². The lowest BCUT2D eigenvalue weighted by atomic mass is 10.1. The second kappa shape index (κ2) is 6.23. The molecule has 1 aromatic rings. The molecule has 0 aliphatic heterocycles. The number of Topliss-reactive ketones (excluding diaryl/α,β-unsaturated/α-hetero) is 1. The smallest absolute Gasteiger partial charge is 0.150 e. The molecule has 78 valence electrons. The van der Waals surface area contributed by atoms with Crippen molar-refractivity contribution in [3.05, 3.63) is 34.9 Å². The number of hydrogen-bond acceptors (Lipinski definition) is 2. The molecule has 0 bridgehead atoms. The molecule has 0 saturated carbocycles. The van der Waals surface area contributed by atoms with Crippen LogP contribution in [0.25, 0.3) is 0 Å². The molecule has 2 nitrogen and oxygen atoms in total. The molecule has 3 heteroatoms. The minimum Gasteiger partial charge on any atom is -0.299 e. The number of ketones is 1. The maximum Gasteiger partial charge on any atom is 0.150 e. The lowest BCUT2D eigenvalue weighted by molar-refractivity contribution is -0.117. The van der Waals surface area contributed by atoms with Crippen LogP contribution in [0.4, 0.5) is 0 Å². The third kappa shape index (κ3) is 4.64. The molecule has 0 unspecified atom stereocenters. The second-order valence-corrected chi connectivity index (χ2v) is 3.59. The van der Waals surface area contributed by atoms with Gasteiger partial charge in [0.1, 0.15) is 0 Å². The molecule has 0 fully saturated rings. The van der Waals surface area contributed by atoms with E-state index in [-0.39, 0.29) is 5.78 Å². The van der Waals surface area contributed by atoms with E-state index in [4.69, 9.17) is 18.0 Å². The summed E-state index contributed by atoms with van der Waals surface area (Å²) >= 11 is 5.80. The molecule has 0 heterocycles. The first-order valence-electron chi connectivity index (χ1n) is 4.62. The average Bonchev–Trinajstić information content (AvgIpc) is 2.18. The standard InChI is InChI=1S/C12H12ClNO/c1-2-6-14-9-12(15)8-10-4-3-5-11(13)7-10/h1,3-5,7,14H,6,8-9H2. The van der Waals surface area contributed by atoms with Crippen molar-refractivity contribution in [2.75, 3.05) is 13.1 Å². The van der Waals surface area contributed by atoms with Crippen molar-refractivity contribution in [2.24, 2.45) is 0 Å². The summed E-state index contributed by atoms with van der Waals surface area (Å²) in [6, 6.07) is 7.29. The highest BCUT2D eigenvalue weighted by Crippen LogP contribution is 2.10. The van der Waals surface area contributed by atoms with Crippen LogP contribution in [0.1, 0.15) is 5.56 Å². The molecule has 0 radical (unpaired) electrons. The van der Waals surface area contributed by atoms with Gasteiger partial charge in [0.2, 0.25) is 0 Å².